The molecule has 6 rings (SSSR count). The van der Waals surface area contributed by atoms with Crippen molar-refractivity contribution in [3.05, 3.63) is 58.6 Å². The Morgan fingerprint density at radius 3 is 2.61 bits per heavy atom. The molecule has 172 valence electrons. The molecule has 0 radical (unpaired) electrons. The number of fused-ring (bicyclic) bond motifs is 3. The van der Waals surface area contributed by atoms with E-state index >= 15 is 0 Å². The van der Waals surface area contributed by atoms with Gasteiger partial charge in [-0.25, -0.2) is 14.4 Å². The number of hydrogen-bond acceptors (Lipinski definition) is 7. The number of halogens is 2. The zero-order valence-corrected chi connectivity index (χ0v) is 19.0. The van der Waals surface area contributed by atoms with Crippen molar-refractivity contribution in [3.8, 4) is 5.69 Å². The Labute approximate surface area is 196 Å². The molecule has 5 heterocycles. The average Bonchev–Trinajstić information content (AvgIpc) is 3.48. The molecule has 33 heavy (non-hydrogen) atoms. The Kier molecular flexibility index (Phi) is 5.48. The molecular weight excluding hydrogens is 445 g/mol. The summed E-state index contributed by atoms with van der Waals surface area (Å²) in [6.45, 7) is 4.68. The Bertz CT molecular complexity index is 1140. The minimum atomic E-state index is -0.420. The van der Waals surface area contributed by atoms with E-state index in [4.69, 9.17) is 16.3 Å². The second-order valence-electron chi connectivity index (χ2n) is 8.97. The highest BCUT2D eigenvalue weighted by atomic mass is 35.5. The minimum Gasteiger partial charge on any atom is -0.380 e. The fourth-order valence-electron chi connectivity index (χ4n) is 5.19. The number of ether oxygens (including phenoxy) is 1. The van der Waals surface area contributed by atoms with E-state index in [1.54, 1.807) is 0 Å². The summed E-state index contributed by atoms with van der Waals surface area (Å²) in [4.78, 5) is 12.8. The quantitative estimate of drug-likeness (QED) is 0.582. The molecule has 0 N–H and O–H groups in total. The summed E-state index contributed by atoms with van der Waals surface area (Å²) in [7, 11) is 0. The number of anilines is 1. The minimum absolute atomic E-state index is 0.271. The van der Waals surface area contributed by atoms with Crippen LogP contribution in [0.2, 0.25) is 5.02 Å². The average molecular weight is 470 g/mol. The second kappa shape index (κ2) is 8.62. The van der Waals surface area contributed by atoms with Gasteiger partial charge in [0.25, 0.3) is 0 Å². The van der Waals surface area contributed by atoms with E-state index in [1.165, 1.54) is 18.0 Å². The Morgan fingerprint density at radius 1 is 1.03 bits per heavy atom. The van der Waals surface area contributed by atoms with Crippen molar-refractivity contribution in [3.63, 3.8) is 0 Å². The van der Waals surface area contributed by atoms with Crippen LogP contribution < -0.4 is 4.90 Å². The third-order valence-electron chi connectivity index (χ3n) is 6.93. The van der Waals surface area contributed by atoms with E-state index in [0.29, 0.717) is 12.0 Å². The predicted molar refractivity (Wildman–Crippen MR) is 121 cm³/mol. The van der Waals surface area contributed by atoms with E-state index < -0.39 is 5.82 Å². The molecule has 0 unspecified atom stereocenters. The molecule has 1 aromatic carbocycles. The van der Waals surface area contributed by atoms with Crippen molar-refractivity contribution in [2.75, 3.05) is 31.2 Å². The van der Waals surface area contributed by atoms with E-state index in [-0.39, 0.29) is 5.92 Å². The van der Waals surface area contributed by atoms with Gasteiger partial charge in [-0.05, 0) is 43.0 Å². The monoisotopic (exact) mass is 469 g/mol. The zero-order valence-electron chi connectivity index (χ0n) is 18.2. The lowest BCUT2D eigenvalue weighted by Gasteiger charge is -2.31. The van der Waals surface area contributed by atoms with Crippen LogP contribution in [0.15, 0.2) is 30.6 Å². The van der Waals surface area contributed by atoms with Crippen molar-refractivity contribution in [2.45, 2.75) is 44.3 Å². The molecule has 0 saturated carbocycles. The van der Waals surface area contributed by atoms with Crippen LogP contribution in [-0.2, 0) is 17.8 Å². The van der Waals surface area contributed by atoms with Crippen LogP contribution in [0.4, 0.5) is 10.3 Å². The first-order valence-corrected chi connectivity index (χ1v) is 11.8. The van der Waals surface area contributed by atoms with Gasteiger partial charge in [0.05, 0.1) is 31.2 Å². The van der Waals surface area contributed by atoms with Crippen LogP contribution in [0.1, 0.15) is 42.4 Å². The second-order valence-corrected chi connectivity index (χ2v) is 9.40. The molecule has 2 aromatic heterocycles. The molecule has 3 aromatic rings. The van der Waals surface area contributed by atoms with Crippen LogP contribution in [0.25, 0.3) is 5.69 Å². The van der Waals surface area contributed by atoms with Crippen molar-refractivity contribution >= 4 is 17.5 Å². The van der Waals surface area contributed by atoms with Gasteiger partial charge in [0, 0.05) is 43.2 Å². The van der Waals surface area contributed by atoms with Crippen LogP contribution in [0.5, 0.6) is 0 Å². The molecule has 10 heteroatoms. The lowest BCUT2D eigenvalue weighted by atomic mass is 9.95. The summed E-state index contributed by atoms with van der Waals surface area (Å²) in [6, 6.07) is 6.47. The molecule has 0 bridgehead atoms. The highest BCUT2D eigenvalue weighted by molar-refractivity contribution is 6.30. The lowest BCUT2D eigenvalue weighted by molar-refractivity contribution is 0.133. The molecule has 2 saturated heterocycles. The molecule has 3 aliphatic heterocycles. The van der Waals surface area contributed by atoms with Gasteiger partial charge < -0.3 is 9.64 Å². The van der Waals surface area contributed by atoms with E-state index in [1.807, 2.05) is 6.07 Å². The summed E-state index contributed by atoms with van der Waals surface area (Å²) >= 11 is 6.39. The maximum absolute atomic E-state index is 13.2. The number of benzene rings is 1. The van der Waals surface area contributed by atoms with Gasteiger partial charge in [-0.15, -0.1) is 10.2 Å². The van der Waals surface area contributed by atoms with Gasteiger partial charge in [-0.2, -0.15) is 0 Å². The smallest absolute Gasteiger partial charge is 0.225 e. The topological polar surface area (TPSA) is 72.2 Å². The zero-order chi connectivity index (χ0) is 22.4. The van der Waals surface area contributed by atoms with Crippen LogP contribution in [0.3, 0.4) is 0 Å². The van der Waals surface area contributed by atoms with Crippen molar-refractivity contribution < 1.29 is 9.13 Å². The summed E-state index contributed by atoms with van der Waals surface area (Å²) in [5, 5.41) is 10.1. The largest absolute Gasteiger partial charge is 0.380 e. The van der Waals surface area contributed by atoms with E-state index in [0.717, 1.165) is 81.0 Å². The molecular formula is C23H25ClFN7O. The normalized spacial score (nSPS) is 21.6. The molecule has 8 nitrogen and oxygen atoms in total. The van der Waals surface area contributed by atoms with Crippen LogP contribution in [0, 0.1) is 5.82 Å². The van der Waals surface area contributed by atoms with Gasteiger partial charge in [0.15, 0.2) is 11.6 Å². The van der Waals surface area contributed by atoms with Crippen molar-refractivity contribution in [2.24, 2.45) is 0 Å². The van der Waals surface area contributed by atoms with Crippen molar-refractivity contribution in [1.29, 1.82) is 0 Å². The molecule has 0 aliphatic carbocycles. The fraction of sp³-hybridized carbons (Fsp3) is 0.478. The van der Waals surface area contributed by atoms with Crippen LogP contribution >= 0.6 is 11.6 Å². The Hall–Kier alpha value is -2.62. The Morgan fingerprint density at radius 2 is 1.85 bits per heavy atom. The predicted octanol–water partition coefficient (Wildman–Crippen LogP) is 3.34. The molecule has 0 amide bonds. The summed E-state index contributed by atoms with van der Waals surface area (Å²) in [5.41, 5.74) is 2.30. The maximum Gasteiger partial charge on any atom is 0.225 e. The number of nitrogens with zero attached hydrogens (tertiary/aromatic N) is 7. The number of aromatic nitrogens is 5. The number of hydrogen-bond donors (Lipinski definition) is 0. The maximum atomic E-state index is 13.2. The first-order valence-electron chi connectivity index (χ1n) is 11.4. The third kappa shape index (κ3) is 3.98. The molecule has 0 spiro atoms. The van der Waals surface area contributed by atoms with Crippen LogP contribution in [-0.4, -0.2) is 62.0 Å². The highest BCUT2D eigenvalue weighted by Gasteiger charge is 2.33. The Balaban J connectivity index is 1.29. The van der Waals surface area contributed by atoms with E-state index in [2.05, 4.69) is 46.7 Å². The van der Waals surface area contributed by atoms with Gasteiger partial charge in [0.2, 0.25) is 5.95 Å². The summed E-state index contributed by atoms with van der Waals surface area (Å²) in [5.74, 6) is 2.38. The fourth-order valence-corrected chi connectivity index (χ4v) is 5.38. The van der Waals surface area contributed by atoms with Gasteiger partial charge in [0.1, 0.15) is 5.82 Å². The highest BCUT2D eigenvalue weighted by Crippen LogP contribution is 2.35. The first-order chi connectivity index (χ1) is 16.2. The standard InChI is InChI=1S/C23H25ClFN7O/c24-17-1-2-20-16(9-17)12-31(19-5-8-33-14-19)13-21-28-29-22(32(20)21)15-3-6-30(7-4-15)23-26-10-18(25)11-27-23/h1-2,9-11,15,19H,3-8,12-14H2/t19-/m1/s1. The SMILES string of the molecule is Fc1cnc(N2CCC(c3nnc4n3-c3ccc(Cl)cc3CN([C@@H]3CCOC3)C4)CC2)nc1. The van der Waals surface area contributed by atoms with Gasteiger partial charge in [-0.3, -0.25) is 9.47 Å². The molecule has 2 fully saturated rings. The van der Waals surface area contributed by atoms with E-state index in [9.17, 15) is 4.39 Å². The third-order valence-corrected chi connectivity index (χ3v) is 7.16. The molecule has 1 atom stereocenters. The molecule has 3 aliphatic rings. The number of piperidine rings is 1. The first kappa shape index (κ1) is 20.9. The number of rotatable bonds is 3. The lowest BCUT2D eigenvalue weighted by Crippen LogP contribution is -2.35. The summed E-state index contributed by atoms with van der Waals surface area (Å²) in [6.07, 6.45) is 5.27. The van der Waals surface area contributed by atoms with Gasteiger partial charge in [-0.1, -0.05) is 11.6 Å². The van der Waals surface area contributed by atoms with Gasteiger partial charge >= 0.3 is 0 Å². The summed E-state index contributed by atoms with van der Waals surface area (Å²) < 4.78 is 21.1. The van der Waals surface area contributed by atoms with Crippen molar-refractivity contribution in [1.82, 2.24) is 29.6 Å².